The summed E-state index contributed by atoms with van der Waals surface area (Å²) in [5.74, 6) is 1.10. The Hall–Kier alpha value is -0.870. The summed E-state index contributed by atoms with van der Waals surface area (Å²) < 4.78 is 2.20. The number of imidazole rings is 1. The van der Waals surface area contributed by atoms with Crippen molar-refractivity contribution in [2.75, 3.05) is 19.6 Å². The average Bonchev–Trinajstić information content (AvgIpc) is 2.63. The third kappa shape index (κ3) is 2.79. The van der Waals surface area contributed by atoms with Crippen LogP contribution in [0, 0.1) is 6.92 Å². The Labute approximate surface area is 91.1 Å². The molecule has 1 aromatic heterocycles. The van der Waals surface area contributed by atoms with Gasteiger partial charge in [0.25, 0.3) is 0 Å². The molecule has 0 aliphatic carbocycles. The fraction of sp³-hybridized carbons (Fsp3) is 0.727. The molecule has 0 spiro atoms. The minimum atomic E-state index is 0.427. The molecule has 4 heteroatoms. The molecule has 1 aromatic rings. The maximum atomic E-state index is 5.87. The topological polar surface area (TPSA) is 47.1 Å². The molecule has 15 heavy (non-hydrogen) atoms. The molecule has 2 rings (SSSR count). The van der Waals surface area contributed by atoms with Crippen molar-refractivity contribution in [1.82, 2.24) is 14.5 Å². The Morgan fingerprint density at radius 2 is 2.13 bits per heavy atom. The molecule has 1 aliphatic heterocycles. The zero-order valence-corrected chi connectivity index (χ0v) is 9.39. The highest BCUT2D eigenvalue weighted by atomic mass is 15.2. The third-order valence-corrected chi connectivity index (χ3v) is 3.21. The Morgan fingerprint density at radius 1 is 1.40 bits per heavy atom. The van der Waals surface area contributed by atoms with Gasteiger partial charge in [-0.05, 0) is 32.9 Å². The van der Waals surface area contributed by atoms with Crippen molar-refractivity contribution >= 4 is 0 Å². The second-order valence-electron chi connectivity index (χ2n) is 4.35. The van der Waals surface area contributed by atoms with Crippen LogP contribution in [0.4, 0.5) is 0 Å². The minimum Gasteiger partial charge on any atom is -0.334 e. The van der Waals surface area contributed by atoms with E-state index in [4.69, 9.17) is 5.73 Å². The van der Waals surface area contributed by atoms with Gasteiger partial charge in [0.05, 0.1) is 0 Å². The molecule has 0 saturated carbocycles. The molecule has 0 unspecified atom stereocenters. The number of piperidine rings is 1. The monoisotopic (exact) mass is 208 g/mol. The van der Waals surface area contributed by atoms with E-state index in [1.165, 1.54) is 0 Å². The van der Waals surface area contributed by atoms with E-state index in [-0.39, 0.29) is 0 Å². The van der Waals surface area contributed by atoms with Crippen LogP contribution < -0.4 is 5.73 Å². The Bertz CT molecular complexity index is 299. The van der Waals surface area contributed by atoms with Crippen molar-refractivity contribution in [2.24, 2.45) is 5.73 Å². The molecular weight excluding hydrogens is 188 g/mol. The highest BCUT2D eigenvalue weighted by Crippen LogP contribution is 2.08. The van der Waals surface area contributed by atoms with Crippen molar-refractivity contribution in [1.29, 1.82) is 0 Å². The Balaban J connectivity index is 1.77. The summed E-state index contributed by atoms with van der Waals surface area (Å²) in [6.07, 6.45) is 6.19. The summed E-state index contributed by atoms with van der Waals surface area (Å²) in [6.45, 7) is 6.50. The van der Waals surface area contributed by atoms with Gasteiger partial charge in [-0.1, -0.05) is 0 Å². The van der Waals surface area contributed by atoms with Gasteiger partial charge in [0, 0.05) is 31.5 Å². The number of nitrogens with zero attached hydrogens (tertiary/aromatic N) is 3. The first-order chi connectivity index (χ1) is 7.25. The highest BCUT2D eigenvalue weighted by Gasteiger charge is 2.15. The molecule has 1 saturated heterocycles. The molecule has 2 heterocycles. The first-order valence-electron chi connectivity index (χ1n) is 5.71. The molecule has 0 bridgehead atoms. The largest absolute Gasteiger partial charge is 0.334 e. The van der Waals surface area contributed by atoms with Crippen LogP contribution in [0.2, 0.25) is 0 Å². The number of hydrogen-bond donors (Lipinski definition) is 1. The van der Waals surface area contributed by atoms with Crippen LogP contribution >= 0.6 is 0 Å². The normalized spacial score (nSPS) is 19.6. The lowest BCUT2D eigenvalue weighted by Gasteiger charge is -2.30. The smallest absolute Gasteiger partial charge is 0.105 e. The number of aryl methyl sites for hydroxylation is 1. The first-order valence-corrected chi connectivity index (χ1v) is 5.71. The summed E-state index contributed by atoms with van der Waals surface area (Å²) in [7, 11) is 0. The number of hydrogen-bond acceptors (Lipinski definition) is 3. The lowest BCUT2D eigenvalue weighted by Crippen LogP contribution is -2.40. The number of rotatable bonds is 3. The summed E-state index contributed by atoms with van der Waals surface area (Å²) in [5, 5.41) is 0. The predicted molar refractivity (Wildman–Crippen MR) is 60.6 cm³/mol. The van der Waals surface area contributed by atoms with Gasteiger partial charge in [0.1, 0.15) is 5.82 Å². The van der Waals surface area contributed by atoms with E-state index in [9.17, 15) is 0 Å². The van der Waals surface area contributed by atoms with Gasteiger partial charge in [-0.2, -0.15) is 0 Å². The summed E-state index contributed by atoms with van der Waals surface area (Å²) in [5.41, 5.74) is 5.87. The fourth-order valence-corrected chi connectivity index (χ4v) is 2.07. The predicted octanol–water partition coefficient (Wildman–Crippen LogP) is 0.615. The Morgan fingerprint density at radius 3 is 2.73 bits per heavy atom. The fourth-order valence-electron chi connectivity index (χ4n) is 2.07. The second-order valence-corrected chi connectivity index (χ2v) is 4.35. The van der Waals surface area contributed by atoms with Gasteiger partial charge in [0.2, 0.25) is 0 Å². The first kappa shape index (κ1) is 10.6. The third-order valence-electron chi connectivity index (χ3n) is 3.21. The number of aromatic nitrogens is 2. The van der Waals surface area contributed by atoms with E-state index in [2.05, 4.69) is 14.5 Å². The maximum Gasteiger partial charge on any atom is 0.105 e. The molecule has 0 aromatic carbocycles. The van der Waals surface area contributed by atoms with Crippen LogP contribution in [-0.4, -0.2) is 40.1 Å². The van der Waals surface area contributed by atoms with E-state index in [0.717, 1.165) is 44.8 Å². The van der Waals surface area contributed by atoms with Gasteiger partial charge in [0.15, 0.2) is 0 Å². The molecular formula is C11H20N4. The van der Waals surface area contributed by atoms with Crippen molar-refractivity contribution in [3.8, 4) is 0 Å². The van der Waals surface area contributed by atoms with Gasteiger partial charge < -0.3 is 15.2 Å². The van der Waals surface area contributed by atoms with Crippen molar-refractivity contribution in [2.45, 2.75) is 32.4 Å². The molecule has 1 fully saturated rings. The van der Waals surface area contributed by atoms with E-state index in [0.29, 0.717) is 6.04 Å². The molecule has 4 nitrogen and oxygen atoms in total. The van der Waals surface area contributed by atoms with Crippen LogP contribution in [0.5, 0.6) is 0 Å². The minimum absolute atomic E-state index is 0.427. The molecule has 2 N–H and O–H groups in total. The molecule has 1 aliphatic rings. The molecule has 0 atom stereocenters. The Kier molecular flexibility index (Phi) is 3.38. The summed E-state index contributed by atoms with van der Waals surface area (Å²) in [4.78, 5) is 6.71. The summed E-state index contributed by atoms with van der Waals surface area (Å²) in [6, 6.07) is 0.427. The number of likely N-dealkylation sites (tertiary alicyclic amines) is 1. The SMILES string of the molecule is Cc1nccn1CCN1CCC(N)CC1. The van der Waals surface area contributed by atoms with Gasteiger partial charge >= 0.3 is 0 Å². The zero-order chi connectivity index (χ0) is 10.7. The van der Waals surface area contributed by atoms with Crippen LogP contribution in [0.25, 0.3) is 0 Å². The number of nitrogens with two attached hydrogens (primary N) is 1. The van der Waals surface area contributed by atoms with Crippen molar-refractivity contribution < 1.29 is 0 Å². The zero-order valence-electron chi connectivity index (χ0n) is 9.39. The van der Waals surface area contributed by atoms with Gasteiger partial charge in [-0.15, -0.1) is 0 Å². The van der Waals surface area contributed by atoms with Crippen LogP contribution in [0.3, 0.4) is 0 Å². The summed E-state index contributed by atoms with van der Waals surface area (Å²) >= 11 is 0. The van der Waals surface area contributed by atoms with Crippen LogP contribution in [0.1, 0.15) is 18.7 Å². The van der Waals surface area contributed by atoms with E-state index < -0.39 is 0 Å². The van der Waals surface area contributed by atoms with E-state index in [1.807, 2.05) is 19.3 Å². The van der Waals surface area contributed by atoms with Crippen molar-refractivity contribution in [3.63, 3.8) is 0 Å². The molecule has 84 valence electrons. The maximum absolute atomic E-state index is 5.87. The average molecular weight is 208 g/mol. The van der Waals surface area contributed by atoms with E-state index >= 15 is 0 Å². The molecule has 0 amide bonds. The highest BCUT2D eigenvalue weighted by molar-refractivity contribution is 4.88. The quantitative estimate of drug-likeness (QED) is 0.792. The lowest BCUT2D eigenvalue weighted by atomic mass is 10.1. The van der Waals surface area contributed by atoms with Crippen LogP contribution in [-0.2, 0) is 6.54 Å². The van der Waals surface area contributed by atoms with Gasteiger partial charge in [-0.25, -0.2) is 4.98 Å². The van der Waals surface area contributed by atoms with Crippen molar-refractivity contribution in [3.05, 3.63) is 18.2 Å². The standard InChI is InChI=1S/C11H20N4/c1-10-13-4-7-15(10)9-8-14-5-2-11(12)3-6-14/h4,7,11H,2-3,5-6,8-9,12H2,1H3. The van der Waals surface area contributed by atoms with Gasteiger partial charge in [-0.3, -0.25) is 0 Å². The molecule has 0 radical (unpaired) electrons. The second kappa shape index (κ2) is 4.77. The lowest BCUT2D eigenvalue weighted by molar-refractivity contribution is 0.206. The van der Waals surface area contributed by atoms with Crippen LogP contribution in [0.15, 0.2) is 12.4 Å². The van der Waals surface area contributed by atoms with E-state index in [1.54, 1.807) is 0 Å².